The first-order valence-corrected chi connectivity index (χ1v) is 6.61. The normalized spacial score (nSPS) is 11.1. The predicted molar refractivity (Wildman–Crippen MR) is 82.5 cm³/mol. The molecule has 0 aliphatic rings. The molecule has 3 rings (SSSR count). The van der Waals surface area contributed by atoms with Gasteiger partial charge in [0.2, 0.25) is 0 Å². The summed E-state index contributed by atoms with van der Waals surface area (Å²) < 4.78 is 5.34. The van der Waals surface area contributed by atoms with Crippen molar-refractivity contribution in [2.45, 2.75) is 6.92 Å². The zero-order valence-electron chi connectivity index (χ0n) is 11.5. The van der Waals surface area contributed by atoms with Gasteiger partial charge in [0.15, 0.2) is 0 Å². The zero-order valence-corrected chi connectivity index (χ0v) is 11.5. The van der Waals surface area contributed by atoms with Gasteiger partial charge in [0.05, 0.1) is 6.21 Å². The van der Waals surface area contributed by atoms with Gasteiger partial charge in [0.25, 0.3) is 5.91 Å². The predicted octanol–water partition coefficient (Wildman–Crippen LogP) is 3.51. The molecule has 1 heterocycles. The number of hydrogen-bond acceptors (Lipinski definition) is 3. The van der Waals surface area contributed by atoms with E-state index >= 15 is 0 Å². The molecule has 0 atom stereocenters. The van der Waals surface area contributed by atoms with E-state index in [0.29, 0.717) is 11.3 Å². The van der Waals surface area contributed by atoms with Gasteiger partial charge in [-0.25, -0.2) is 5.43 Å². The van der Waals surface area contributed by atoms with Gasteiger partial charge in [-0.15, -0.1) is 0 Å². The maximum atomic E-state index is 12.2. The molecule has 0 aliphatic carbocycles. The maximum absolute atomic E-state index is 12.2. The van der Waals surface area contributed by atoms with Gasteiger partial charge in [0, 0.05) is 5.56 Å². The van der Waals surface area contributed by atoms with Crippen molar-refractivity contribution in [3.8, 4) is 0 Å². The van der Waals surface area contributed by atoms with Crippen molar-refractivity contribution in [2.24, 2.45) is 5.10 Å². The van der Waals surface area contributed by atoms with Crippen LogP contribution in [-0.2, 0) is 0 Å². The van der Waals surface area contributed by atoms with E-state index in [4.69, 9.17) is 4.42 Å². The van der Waals surface area contributed by atoms with Crippen LogP contribution >= 0.6 is 0 Å². The minimum absolute atomic E-state index is 0.244. The highest BCUT2D eigenvalue weighted by Crippen LogP contribution is 2.18. The highest BCUT2D eigenvalue weighted by atomic mass is 16.3. The number of carbonyl (C=O) groups excluding carboxylic acids is 1. The number of aryl methyl sites for hydroxylation is 1. The molecule has 0 bridgehead atoms. The molecule has 0 aliphatic heterocycles. The van der Waals surface area contributed by atoms with E-state index < -0.39 is 0 Å². The Hall–Kier alpha value is -2.88. The quantitative estimate of drug-likeness (QED) is 0.589. The van der Waals surface area contributed by atoms with E-state index in [1.54, 1.807) is 12.1 Å². The third kappa shape index (κ3) is 2.84. The SMILES string of the molecule is Cc1ccc(C=NNC(=O)c2cccc3ccccc23)o1. The van der Waals surface area contributed by atoms with E-state index in [9.17, 15) is 4.79 Å². The zero-order chi connectivity index (χ0) is 14.7. The average Bonchev–Trinajstić information content (AvgIpc) is 2.92. The maximum Gasteiger partial charge on any atom is 0.271 e. The summed E-state index contributed by atoms with van der Waals surface area (Å²) in [5, 5.41) is 5.85. The van der Waals surface area contributed by atoms with Crippen molar-refractivity contribution in [2.75, 3.05) is 0 Å². The van der Waals surface area contributed by atoms with Crippen molar-refractivity contribution in [1.29, 1.82) is 0 Å². The largest absolute Gasteiger partial charge is 0.460 e. The molecule has 0 unspecified atom stereocenters. The summed E-state index contributed by atoms with van der Waals surface area (Å²) in [6, 6.07) is 17.0. The Kier molecular flexibility index (Phi) is 3.51. The lowest BCUT2D eigenvalue weighted by atomic mass is 10.0. The molecule has 4 nitrogen and oxygen atoms in total. The van der Waals surface area contributed by atoms with Crippen molar-refractivity contribution in [3.63, 3.8) is 0 Å². The molecule has 0 fully saturated rings. The van der Waals surface area contributed by atoms with E-state index in [1.807, 2.05) is 49.4 Å². The van der Waals surface area contributed by atoms with Gasteiger partial charge in [-0.3, -0.25) is 4.79 Å². The Labute approximate surface area is 122 Å². The number of benzene rings is 2. The van der Waals surface area contributed by atoms with Crippen LogP contribution in [0.2, 0.25) is 0 Å². The van der Waals surface area contributed by atoms with Gasteiger partial charge in [-0.1, -0.05) is 36.4 Å². The van der Waals surface area contributed by atoms with Crippen LogP contribution in [0.5, 0.6) is 0 Å². The first-order valence-electron chi connectivity index (χ1n) is 6.61. The van der Waals surface area contributed by atoms with Gasteiger partial charge >= 0.3 is 0 Å². The third-order valence-electron chi connectivity index (χ3n) is 3.15. The minimum atomic E-state index is -0.244. The molecule has 4 heteroatoms. The first kappa shape index (κ1) is 13.1. The van der Waals surface area contributed by atoms with Crippen LogP contribution in [0.4, 0.5) is 0 Å². The van der Waals surface area contributed by atoms with Crippen molar-refractivity contribution < 1.29 is 9.21 Å². The molecular formula is C17H14N2O2. The number of hydrogen-bond donors (Lipinski definition) is 1. The molecule has 21 heavy (non-hydrogen) atoms. The fraction of sp³-hybridized carbons (Fsp3) is 0.0588. The van der Waals surface area contributed by atoms with Crippen LogP contribution in [0.3, 0.4) is 0 Å². The van der Waals surface area contributed by atoms with Crippen molar-refractivity contribution in [1.82, 2.24) is 5.43 Å². The van der Waals surface area contributed by atoms with Crippen LogP contribution < -0.4 is 5.43 Å². The summed E-state index contributed by atoms with van der Waals surface area (Å²) in [5.41, 5.74) is 3.12. The second kappa shape index (κ2) is 5.63. The number of hydrazone groups is 1. The summed E-state index contributed by atoms with van der Waals surface area (Å²) in [7, 11) is 0. The van der Waals surface area contributed by atoms with Gasteiger partial charge in [0.1, 0.15) is 11.5 Å². The van der Waals surface area contributed by atoms with Crippen LogP contribution in [0.1, 0.15) is 21.9 Å². The lowest BCUT2D eigenvalue weighted by Crippen LogP contribution is -2.17. The molecule has 1 aromatic heterocycles. The summed E-state index contributed by atoms with van der Waals surface area (Å²) in [4.78, 5) is 12.2. The standard InChI is InChI=1S/C17H14N2O2/c1-12-9-10-14(21-12)11-18-19-17(20)16-8-4-6-13-5-2-3-7-15(13)16/h2-11H,1H3,(H,19,20). The lowest BCUT2D eigenvalue weighted by molar-refractivity contribution is 0.0957. The highest BCUT2D eigenvalue weighted by Gasteiger charge is 2.08. The van der Waals surface area contributed by atoms with Crippen LogP contribution in [0.15, 0.2) is 64.1 Å². The van der Waals surface area contributed by atoms with Gasteiger partial charge in [-0.05, 0) is 35.9 Å². The number of fused-ring (bicyclic) bond motifs is 1. The molecule has 1 amide bonds. The number of rotatable bonds is 3. The summed E-state index contributed by atoms with van der Waals surface area (Å²) in [6.45, 7) is 1.85. The molecule has 104 valence electrons. The molecule has 1 N–H and O–H groups in total. The summed E-state index contributed by atoms with van der Waals surface area (Å²) >= 11 is 0. The number of amides is 1. The minimum Gasteiger partial charge on any atom is -0.460 e. The number of nitrogens with zero attached hydrogens (tertiary/aromatic N) is 1. The molecule has 3 aromatic rings. The topological polar surface area (TPSA) is 54.6 Å². The van der Waals surface area contributed by atoms with Crippen molar-refractivity contribution in [3.05, 3.63) is 71.7 Å². The first-order chi connectivity index (χ1) is 10.2. The van der Waals surface area contributed by atoms with Crippen LogP contribution in [0.25, 0.3) is 10.8 Å². The Morgan fingerprint density at radius 1 is 1.10 bits per heavy atom. The van der Waals surface area contributed by atoms with E-state index in [1.165, 1.54) is 6.21 Å². The van der Waals surface area contributed by atoms with Crippen molar-refractivity contribution >= 4 is 22.9 Å². The fourth-order valence-corrected chi connectivity index (χ4v) is 2.16. The summed E-state index contributed by atoms with van der Waals surface area (Å²) in [5.74, 6) is 1.16. The number of carbonyl (C=O) groups is 1. The Morgan fingerprint density at radius 3 is 2.71 bits per heavy atom. The second-order valence-corrected chi connectivity index (χ2v) is 4.67. The monoisotopic (exact) mass is 278 g/mol. The Balaban J connectivity index is 1.80. The molecule has 2 aromatic carbocycles. The Bertz CT molecular complexity index is 813. The third-order valence-corrected chi connectivity index (χ3v) is 3.15. The molecule has 0 radical (unpaired) electrons. The van der Waals surface area contributed by atoms with Crippen LogP contribution in [0, 0.1) is 6.92 Å². The number of furan rings is 1. The lowest BCUT2D eigenvalue weighted by Gasteiger charge is -2.04. The van der Waals surface area contributed by atoms with E-state index in [0.717, 1.165) is 16.5 Å². The molecule has 0 spiro atoms. The van der Waals surface area contributed by atoms with E-state index in [-0.39, 0.29) is 5.91 Å². The van der Waals surface area contributed by atoms with Gasteiger partial charge < -0.3 is 4.42 Å². The smallest absolute Gasteiger partial charge is 0.271 e. The fourth-order valence-electron chi connectivity index (χ4n) is 2.16. The number of nitrogens with one attached hydrogen (secondary N) is 1. The summed E-state index contributed by atoms with van der Waals surface area (Å²) in [6.07, 6.45) is 1.48. The molecule has 0 saturated carbocycles. The second-order valence-electron chi connectivity index (χ2n) is 4.67. The Morgan fingerprint density at radius 2 is 1.90 bits per heavy atom. The van der Waals surface area contributed by atoms with E-state index in [2.05, 4.69) is 10.5 Å². The average molecular weight is 278 g/mol. The highest BCUT2D eigenvalue weighted by molar-refractivity contribution is 6.07. The molecule has 0 saturated heterocycles. The van der Waals surface area contributed by atoms with Crippen LogP contribution in [-0.4, -0.2) is 12.1 Å². The van der Waals surface area contributed by atoms with Gasteiger partial charge in [-0.2, -0.15) is 5.10 Å². The molecular weight excluding hydrogens is 264 g/mol.